The fraction of sp³-hybridized carbons (Fsp3) is 0.444. The van der Waals surface area contributed by atoms with Crippen molar-refractivity contribution in [3.05, 3.63) is 59.1 Å². The molecule has 0 atom stereocenters. The molecule has 1 aliphatic heterocycles. The summed E-state index contributed by atoms with van der Waals surface area (Å²) >= 11 is 0. The fourth-order valence-electron chi connectivity index (χ4n) is 2.81. The van der Waals surface area contributed by atoms with Crippen molar-refractivity contribution < 1.29 is 8.78 Å². The van der Waals surface area contributed by atoms with Crippen LogP contribution in [0.1, 0.15) is 25.3 Å². The lowest BCUT2D eigenvalue weighted by molar-refractivity contribution is 0.199. The second-order valence-electron chi connectivity index (χ2n) is 5.87. The van der Waals surface area contributed by atoms with Crippen molar-refractivity contribution in [2.45, 2.75) is 26.2 Å². The Morgan fingerprint density at radius 2 is 2.05 bits per heavy atom. The molecule has 0 N–H and O–H groups in total. The van der Waals surface area contributed by atoms with E-state index in [1.807, 2.05) is 19.1 Å². The van der Waals surface area contributed by atoms with Gasteiger partial charge in [-0.05, 0) is 56.8 Å². The van der Waals surface area contributed by atoms with E-state index in [2.05, 4.69) is 11.0 Å². The van der Waals surface area contributed by atoms with Gasteiger partial charge in [-0.3, -0.25) is 4.90 Å². The van der Waals surface area contributed by atoms with Gasteiger partial charge in [0.2, 0.25) is 0 Å². The van der Waals surface area contributed by atoms with Gasteiger partial charge in [-0.25, -0.2) is 8.78 Å². The van der Waals surface area contributed by atoms with Gasteiger partial charge in [0.1, 0.15) is 19.5 Å². The molecule has 1 aromatic rings. The first-order chi connectivity index (χ1) is 10.6. The zero-order chi connectivity index (χ0) is 15.9. The standard InChI is InChI=1S/C18H22BF2N/c1-2-16(19)4-3-9-22-10-7-14(8-11-22)12-15-5-6-17(20)13-18(15)21/h2-6,13-14H,7-12H2,1H3/b4-3-,16-2+. The first-order valence-corrected chi connectivity index (χ1v) is 7.83. The van der Waals surface area contributed by atoms with E-state index >= 15 is 0 Å². The molecule has 1 saturated heterocycles. The molecule has 0 aliphatic carbocycles. The minimum Gasteiger partial charge on any atom is -0.300 e. The molecule has 0 bridgehead atoms. The summed E-state index contributed by atoms with van der Waals surface area (Å²) in [4.78, 5) is 2.37. The summed E-state index contributed by atoms with van der Waals surface area (Å²) in [7, 11) is 5.71. The number of allylic oxidation sites excluding steroid dienone is 3. The lowest BCUT2D eigenvalue weighted by Crippen LogP contribution is -2.34. The molecule has 4 heteroatoms. The molecule has 0 aromatic heterocycles. The molecule has 0 amide bonds. The van der Waals surface area contributed by atoms with Gasteiger partial charge in [-0.15, -0.1) is 5.47 Å². The third kappa shape index (κ3) is 5.10. The van der Waals surface area contributed by atoms with E-state index in [1.165, 1.54) is 6.07 Å². The Balaban J connectivity index is 1.78. The van der Waals surface area contributed by atoms with Crippen LogP contribution >= 0.6 is 0 Å². The van der Waals surface area contributed by atoms with E-state index in [-0.39, 0.29) is 0 Å². The smallest absolute Gasteiger partial charge is 0.129 e. The number of nitrogens with zero attached hydrogens (tertiary/aromatic N) is 1. The molecule has 1 nitrogen and oxygen atoms in total. The van der Waals surface area contributed by atoms with Gasteiger partial charge >= 0.3 is 0 Å². The summed E-state index contributed by atoms with van der Waals surface area (Å²) in [5, 5.41) is 0. The van der Waals surface area contributed by atoms with Crippen molar-refractivity contribution in [2.75, 3.05) is 19.6 Å². The van der Waals surface area contributed by atoms with E-state index in [9.17, 15) is 8.78 Å². The predicted molar refractivity (Wildman–Crippen MR) is 87.9 cm³/mol. The first-order valence-electron chi connectivity index (χ1n) is 7.83. The maximum atomic E-state index is 13.7. The van der Waals surface area contributed by atoms with E-state index in [0.29, 0.717) is 17.9 Å². The summed E-state index contributed by atoms with van der Waals surface area (Å²) in [5.41, 5.74) is 1.40. The number of hydrogen-bond donors (Lipinski definition) is 0. The van der Waals surface area contributed by atoms with Gasteiger partial charge < -0.3 is 0 Å². The van der Waals surface area contributed by atoms with Gasteiger partial charge in [-0.2, -0.15) is 0 Å². The third-order valence-electron chi connectivity index (χ3n) is 4.24. The summed E-state index contributed by atoms with van der Waals surface area (Å²) in [6.07, 6.45) is 8.67. The molecular formula is C18H22BF2N. The van der Waals surface area contributed by atoms with Crippen LogP contribution < -0.4 is 0 Å². The lowest BCUT2D eigenvalue weighted by atomic mass is 9.90. The van der Waals surface area contributed by atoms with E-state index in [4.69, 9.17) is 7.85 Å². The number of piperidine rings is 1. The maximum Gasteiger partial charge on any atom is 0.129 e. The SMILES string of the molecule is [B]C(/C=C\CN1CCC(Cc2ccc(F)cc2F)CC1)=C/C. The highest BCUT2D eigenvalue weighted by molar-refractivity contribution is 6.23. The maximum absolute atomic E-state index is 13.7. The Bertz CT molecular complexity index is 546. The van der Waals surface area contributed by atoms with Crippen molar-refractivity contribution in [1.29, 1.82) is 0 Å². The summed E-state index contributed by atoms with van der Waals surface area (Å²) < 4.78 is 26.6. The van der Waals surface area contributed by atoms with E-state index in [1.54, 1.807) is 6.07 Å². The minimum absolute atomic E-state index is 0.424. The normalized spacial score (nSPS) is 18.2. The van der Waals surface area contributed by atoms with Crippen LogP contribution in [0.25, 0.3) is 0 Å². The van der Waals surface area contributed by atoms with E-state index < -0.39 is 11.6 Å². The lowest BCUT2D eigenvalue weighted by Gasteiger charge is -2.31. The Morgan fingerprint density at radius 1 is 1.32 bits per heavy atom. The van der Waals surface area contributed by atoms with Gasteiger partial charge in [0.05, 0.1) is 0 Å². The number of hydrogen-bond acceptors (Lipinski definition) is 1. The van der Waals surface area contributed by atoms with Crippen LogP contribution in [0.4, 0.5) is 8.78 Å². The van der Waals surface area contributed by atoms with Crippen LogP contribution in [0.15, 0.2) is 41.9 Å². The molecule has 1 heterocycles. The second-order valence-corrected chi connectivity index (χ2v) is 5.87. The van der Waals surface area contributed by atoms with Crippen molar-refractivity contribution in [3.8, 4) is 0 Å². The Kier molecular flexibility index (Phi) is 6.38. The molecule has 0 unspecified atom stereocenters. The fourth-order valence-corrected chi connectivity index (χ4v) is 2.81. The molecule has 1 aromatic carbocycles. The zero-order valence-corrected chi connectivity index (χ0v) is 13.1. The number of likely N-dealkylation sites (tertiary alicyclic amines) is 1. The summed E-state index contributed by atoms with van der Waals surface area (Å²) in [5.74, 6) is -0.462. The highest BCUT2D eigenvalue weighted by atomic mass is 19.1. The monoisotopic (exact) mass is 301 g/mol. The first kappa shape index (κ1) is 16.9. The molecule has 22 heavy (non-hydrogen) atoms. The Hall–Kier alpha value is -1.42. The number of benzene rings is 1. The summed E-state index contributed by atoms with van der Waals surface area (Å²) in [6, 6.07) is 3.88. The topological polar surface area (TPSA) is 3.24 Å². The molecule has 0 spiro atoms. The molecule has 0 saturated carbocycles. The van der Waals surface area contributed by atoms with E-state index in [0.717, 1.165) is 44.0 Å². The van der Waals surface area contributed by atoms with Crippen LogP contribution in [0.3, 0.4) is 0 Å². The average molecular weight is 301 g/mol. The number of halogens is 2. The van der Waals surface area contributed by atoms with Gasteiger partial charge in [-0.1, -0.05) is 24.3 Å². The van der Waals surface area contributed by atoms with Crippen molar-refractivity contribution in [1.82, 2.24) is 4.90 Å². The average Bonchev–Trinajstić information content (AvgIpc) is 2.51. The van der Waals surface area contributed by atoms with Gasteiger partial charge in [0.15, 0.2) is 0 Å². The summed E-state index contributed by atoms with van der Waals surface area (Å²) in [6.45, 7) is 4.83. The highest BCUT2D eigenvalue weighted by Gasteiger charge is 2.19. The van der Waals surface area contributed by atoms with Crippen LogP contribution in [0.2, 0.25) is 0 Å². The Labute approximate surface area is 133 Å². The zero-order valence-electron chi connectivity index (χ0n) is 13.1. The van der Waals surface area contributed by atoms with Crippen LogP contribution in [0.5, 0.6) is 0 Å². The Morgan fingerprint density at radius 3 is 2.68 bits per heavy atom. The van der Waals surface area contributed by atoms with Crippen LogP contribution in [-0.4, -0.2) is 32.4 Å². The minimum atomic E-state index is -0.511. The van der Waals surface area contributed by atoms with Gasteiger partial charge in [0.25, 0.3) is 0 Å². The molecule has 116 valence electrons. The van der Waals surface area contributed by atoms with Gasteiger partial charge in [0, 0.05) is 12.6 Å². The molecule has 2 radical (unpaired) electrons. The molecular weight excluding hydrogens is 279 g/mol. The molecule has 1 fully saturated rings. The predicted octanol–water partition coefficient (Wildman–Crippen LogP) is 3.85. The van der Waals surface area contributed by atoms with Crippen LogP contribution in [0, 0.1) is 17.6 Å². The highest BCUT2D eigenvalue weighted by Crippen LogP contribution is 2.23. The quantitative estimate of drug-likeness (QED) is 0.590. The van der Waals surface area contributed by atoms with Crippen molar-refractivity contribution in [2.24, 2.45) is 5.92 Å². The van der Waals surface area contributed by atoms with Crippen molar-refractivity contribution in [3.63, 3.8) is 0 Å². The molecule has 2 rings (SSSR count). The van der Waals surface area contributed by atoms with Crippen molar-refractivity contribution >= 4 is 7.85 Å². The molecule has 1 aliphatic rings. The van der Waals surface area contributed by atoms with Crippen LogP contribution in [-0.2, 0) is 6.42 Å². The second kappa shape index (κ2) is 8.28. The number of rotatable bonds is 5. The largest absolute Gasteiger partial charge is 0.300 e. The third-order valence-corrected chi connectivity index (χ3v) is 4.24.